The molecule has 1 fully saturated rings. The maximum atomic E-state index is 11.4. The summed E-state index contributed by atoms with van der Waals surface area (Å²) in [6.45, 7) is 0.599. The van der Waals surface area contributed by atoms with Gasteiger partial charge >= 0.3 is 0 Å². The first kappa shape index (κ1) is 15.7. The summed E-state index contributed by atoms with van der Waals surface area (Å²) in [6.07, 6.45) is 0.710. The number of hydrogen-bond acceptors (Lipinski definition) is 6. The fraction of sp³-hybridized carbons (Fsp3) is 0.375. The van der Waals surface area contributed by atoms with Crippen LogP contribution in [0.5, 0.6) is 5.75 Å². The first-order valence-electron chi connectivity index (χ1n) is 7.49. The van der Waals surface area contributed by atoms with E-state index in [0.717, 1.165) is 17.0 Å². The van der Waals surface area contributed by atoms with Gasteiger partial charge < -0.3 is 10.1 Å². The van der Waals surface area contributed by atoms with E-state index < -0.39 is 9.84 Å². The standard InChI is InChI=1S/C16H19N3O3S/c1-22-15-5-3-2-4-13(15)14-6-7-16(19-18-14)17-10-12-8-9-23(20,21)11-12/h2-7,12H,8-11H2,1H3,(H,17,19). The number of nitrogens with one attached hydrogen (secondary N) is 1. The van der Waals surface area contributed by atoms with Crippen LogP contribution in [0.4, 0.5) is 5.82 Å². The highest BCUT2D eigenvalue weighted by Gasteiger charge is 2.27. The number of hydrogen-bond donors (Lipinski definition) is 1. The highest BCUT2D eigenvalue weighted by molar-refractivity contribution is 7.91. The van der Waals surface area contributed by atoms with E-state index in [-0.39, 0.29) is 17.4 Å². The number of para-hydroxylation sites is 1. The number of ether oxygens (including phenoxy) is 1. The van der Waals surface area contributed by atoms with Crippen LogP contribution in [0.2, 0.25) is 0 Å². The molecule has 3 rings (SSSR count). The van der Waals surface area contributed by atoms with Gasteiger partial charge in [0.25, 0.3) is 0 Å². The largest absolute Gasteiger partial charge is 0.496 e. The minimum atomic E-state index is -2.84. The van der Waals surface area contributed by atoms with Gasteiger partial charge in [-0.3, -0.25) is 0 Å². The summed E-state index contributed by atoms with van der Waals surface area (Å²) in [4.78, 5) is 0. The van der Waals surface area contributed by atoms with Crippen molar-refractivity contribution in [1.82, 2.24) is 10.2 Å². The van der Waals surface area contributed by atoms with Gasteiger partial charge in [-0.05, 0) is 36.6 Å². The van der Waals surface area contributed by atoms with Crippen LogP contribution >= 0.6 is 0 Å². The maximum Gasteiger partial charge on any atom is 0.150 e. The molecule has 1 aliphatic heterocycles. The molecule has 1 saturated heterocycles. The van der Waals surface area contributed by atoms with Crippen LogP contribution in [0.25, 0.3) is 11.3 Å². The molecule has 1 unspecified atom stereocenters. The Morgan fingerprint density at radius 2 is 2.04 bits per heavy atom. The Morgan fingerprint density at radius 3 is 2.70 bits per heavy atom. The van der Waals surface area contributed by atoms with Crippen molar-refractivity contribution in [3.63, 3.8) is 0 Å². The van der Waals surface area contributed by atoms with E-state index in [4.69, 9.17) is 4.74 Å². The Balaban J connectivity index is 1.66. The smallest absolute Gasteiger partial charge is 0.150 e. The van der Waals surface area contributed by atoms with E-state index >= 15 is 0 Å². The monoisotopic (exact) mass is 333 g/mol. The van der Waals surface area contributed by atoms with Crippen molar-refractivity contribution in [2.75, 3.05) is 30.5 Å². The third kappa shape index (κ3) is 3.79. The molecule has 1 aromatic carbocycles. The number of aromatic nitrogens is 2. The Labute approximate surface area is 135 Å². The van der Waals surface area contributed by atoms with Crippen LogP contribution in [-0.4, -0.2) is 43.8 Å². The average Bonchev–Trinajstić information content (AvgIpc) is 2.92. The molecule has 1 atom stereocenters. The van der Waals surface area contributed by atoms with E-state index in [1.165, 1.54) is 0 Å². The topological polar surface area (TPSA) is 81.2 Å². The molecule has 2 heterocycles. The SMILES string of the molecule is COc1ccccc1-c1ccc(NCC2CCS(=O)(=O)C2)nn1. The first-order chi connectivity index (χ1) is 11.1. The molecule has 6 nitrogen and oxygen atoms in total. The third-order valence-electron chi connectivity index (χ3n) is 3.95. The van der Waals surface area contributed by atoms with Crippen LogP contribution in [0.3, 0.4) is 0 Å². The van der Waals surface area contributed by atoms with E-state index in [1.54, 1.807) is 7.11 Å². The summed E-state index contributed by atoms with van der Waals surface area (Å²) in [5.41, 5.74) is 1.62. The quantitative estimate of drug-likeness (QED) is 0.901. The van der Waals surface area contributed by atoms with Gasteiger partial charge in [0, 0.05) is 12.1 Å². The fourth-order valence-corrected chi connectivity index (χ4v) is 4.57. The van der Waals surface area contributed by atoms with Crippen molar-refractivity contribution in [1.29, 1.82) is 0 Å². The molecule has 1 aliphatic rings. The number of nitrogens with zero attached hydrogens (tertiary/aromatic N) is 2. The number of benzene rings is 1. The fourth-order valence-electron chi connectivity index (χ4n) is 2.71. The Hall–Kier alpha value is -2.15. The van der Waals surface area contributed by atoms with Gasteiger partial charge in [-0.2, -0.15) is 0 Å². The lowest BCUT2D eigenvalue weighted by molar-refractivity contribution is 0.416. The molecule has 7 heteroatoms. The molecule has 23 heavy (non-hydrogen) atoms. The van der Waals surface area contributed by atoms with Crippen molar-refractivity contribution in [2.45, 2.75) is 6.42 Å². The molecular weight excluding hydrogens is 314 g/mol. The summed E-state index contributed by atoms with van der Waals surface area (Å²) >= 11 is 0. The highest BCUT2D eigenvalue weighted by Crippen LogP contribution is 2.27. The molecule has 1 aromatic heterocycles. The van der Waals surface area contributed by atoms with Gasteiger partial charge in [0.05, 0.1) is 24.3 Å². The minimum absolute atomic E-state index is 0.149. The van der Waals surface area contributed by atoms with Crippen LogP contribution in [0.1, 0.15) is 6.42 Å². The Morgan fingerprint density at radius 1 is 1.22 bits per heavy atom. The van der Waals surface area contributed by atoms with Gasteiger partial charge in [-0.1, -0.05) is 12.1 Å². The zero-order chi connectivity index (χ0) is 16.3. The van der Waals surface area contributed by atoms with Crippen LogP contribution in [0.15, 0.2) is 36.4 Å². The van der Waals surface area contributed by atoms with Gasteiger partial charge in [0.15, 0.2) is 9.84 Å². The van der Waals surface area contributed by atoms with Crippen molar-refractivity contribution in [3.8, 4) is 17.0 Å². The summed E-state index contributed by atoms with van der Waals surface area (Å²) < 4.78 is 28.2. The zero-order valence-corrected chi connectivity index (χ0v) is 13.7. The van der Waals surface area contributed by atoms with E-state index in [0.29, 0.717) is 18.8 Å². The number of sulfone groups is 1. The predicted octanol–water partition coefficient (Wildman–Crippen LogP) is 2.00. The lowest BCUT2D eigenvalue weighted by Crippen LogP contribution is -2.16. The van der Waals surface area contributed by atoms with Crippen molar-refractivity contribution >= 4 is 15.7 Å². The van der Waals surface area contributed by atoms with Gasteiger partial charge in [0.2, 0.25) is 0 Å². The second kappa shape index (κ2) is 6.54. The molecule has 2 aromatic rings. The van der Waals surface area contributed by atoms with Crippen molar-refractivity contribution in [3.05, 3.63) is 36.4 Å². The highest BCUT2D eigenvalue weighted by atomic mass is 32.2. The molecule has 0 radical (unpaired) electrons. The molecule has 0 amide bonds. The Bertz CT molecular complexity index is 775. The van der Waals surface area contributed by atoms with Crippen molar-refractivity contribution < 1.29 is 13.2 Å². The van der Waals surface area contributed by atoms with Crippen molar-refractivity contribution in [2.24, 2.45) is 5.92 Å². The number of methoxy groups -OCH3 is 1. The number of rotatable bonds is 5. The molecule has 1 N–H and O–H groups in total. The molecule has 122 valence electrons. The molecular formula is C16H19N3O3S. The van der Waals surface area contributed by atoms with Gasteiger partial charge in [-0.15, -0.1) is 10.2 Å². The average molecular weight is 333 g/mol. The van der Waals surface area contributed by atoms with Crippen LogP contribution in [0, 0.1) is 5.92 Å². The normalized spacial score (nSPS) is 19.4. The Kier molecular flexibility index (Phi) is 4.47. The lowest BCUT2D eigenvalue weighted by atomic mass is 10.1. The van der Waals surface area contributed by atoms with E-state index in [9.17, 15) is 8.42 Å². The zero-order valence-electron chi connectivity index (χ0n) is 12.9. The second-order valence-electron chi connectivity index (χ2n) is 5.65. The lowest BCUT2D eigenvalue weighted by Gasteiger charge is -2.10. The summed E-state index contributed by atoms with van der Waals surface area (Å²) in [5.74, 6) is 2.09. The predicted molar refractivity (Wildman–Crippen MR) is 89.3 cm³/mol. The second-order valence-corrected chi connectivity index (χ2v) is 7.88. The molecule has 0 spiro atoms. The summed E-state index contributed by atoms with van der Waals surface area (Å²) in [5, 5.41) is 11.5. The minimum Gasteiger partial charge on any atom is -0.496 e. The van der Waals surface area contributed by atoms with E-state index in [2.05, 4.69) is 15.5 Å². The maximum absolute atomic E-state index is 11.4. The first-order valence-corrected chi connectivity index (χ1v) is 9.31. The summed E-state index contributed by atoms with van der Waals surface area (Å²) in [7, 11) is -1.22. The van der Waals surface area contributed by atoms with Gasteiger partial charge in [-0.25, -0.2) is 8.42 Å². The van der Waals surface area contributed by atoms with E-state index in [1.807, 2.05) is 36.4 Å². The van der Waals surface area contributed by atoms with Crippen LogP contribution < -0.4 is 10.1 Å². The van der Waals surface area contributed by atoms with Gasteiger partial charge in [0.1, 0.15) is 11.6 Å². The third-order valence-corrected chi connectivity index (χ3v) is 5.78. The summed E-state index contributed by atoms with van der Waals surface area (Å²) in [6, 6.07) is 11.4. The number of anilines is 1. The van der Waals surface area contributed by atoms with Crippen LogP contribution in [-0.2, 0) is 9.84 Å². The molecule has 0 aliphatic carbocycles. The molecule has 0 saturated carbocycles. The molecule has 0 bridgehead atoms.